The maximum absolute atomic E-state index is 5.84. The molecule has 0 spiro atoms. The second-order valence-corrected chi connectivity index (χ2v) is 4.70. The summed E-state index contributed by atoms with van der Waals surface area (Å²) in [5.41, 5.74) is 9.51. The van der Waals surface area contributed by atoms with E-state index in [9.17, 15) is 0 Å². The molecule has 0 bridgehead atoms. The summed E-state index contributed by atoms with van der Waals surface area (Å²) in [6.07, 6.45) is 1.80. The van der Waals surface area contributed by atoms with Crippen LogP contribution in [-0.2, 0) is 19.6 Å². The molecule has 1 aliphatic heterocycles. The molecule has 0 saturated carbocycles. The maximum atomic E-state index is 5.84. The van der Waals surface area contributed by atoms with Gasteiger partial charge in [0, 0.05) is 25.3 Å². The predicted octanol–water partition coefficient (Wildman–Crippen LogP) is 1.07. The zero-order valence-electron chi connectivity index (χ0n) is 10.5. The van der Waals surface area contributed by atoms with Gasteiger partial charge < -0.3 is 15.2 Å². The Morgan fingerprint density at radius 2 is 2.22 bits per heavy atom. The van der Waals surface area contributed by atoms with E-state index in [0.717, 1.165) is 25.5 Å². The molecular formula is C13H17N5. The minimum absolute atomic E-state index is 0.570. The highest BCUT2D eigenvalue weighted by molar-refractivity contribution is 5.55. The minimum Gasteiger partial charge on any atom is -0.362 e. The van der Waals surface area contributed by atoms with Gasteiger partial charge in [0.05, 0.1) is 6.54 Å². The van der Waals surface area contributed by atoms with E-state index >= 15 is 0 Å². The average molecular weight is 243 g/mol. The highest BCUT2D eigenvalue weighted by Crippen LogP contribution is 2.25. The Kier molecular flexibility index (Phi) is 2.76. The molecule has 0 fully saturated rings. The van der Waals surface area contributed by atoms with Crippen LogP contribution in [0.2, 0.25) is 0 Å². The fourth-order valence-electron chi connectivity index (χ4n) is 2.46. The number of nitrogens with two attached hydrogens (primary N) is 1. The van der Waals surface area contributed by atoms with Crippen LogP contribution in [-0.4, -0.2) is 21.3 Å². The van der Waals surface area contributed by atoms with Gasteiger partial charge in [0.2, 0.25) is 0 Å². The molecule has 0 unspecified atom stereocenters. The first-order valence-electron chi connectivity index (χ1n) is 6.19. The van der Waals surface area contributed by atoms with Gasteiger partial charge in [-0.25, -0.2) is 0 Å². The van der Waals surface area contributed by atoms with Gasteiger partial charge in [0.25, 0.3) is 0 Å². The van der Waals surface area contributed by atoms with Crippen LogP contribution in [0, 0.1) is 6.92 Å². The van der Waals surface area contributed by atoms with Gasteiger partial charge in [0.1, 0.15) is 6.33 Å². The molecule has 1 aliphatic rings. The number of fused-ring (bicyclic) bond motifs is 1. The standard InChI is InChI=1S/C13H17N5/c1-10-2-3-12(11(6-10)7-14)17-4-5-18-9-15-16-13(18)8-17/h2-3,6,9H,4-5,7-8,14H2,1H3. The van der Waals surface area contributed by atoms with Gasteiger partial charge >= 0.3 is 0 Å². The Morgan fingerprint density at radius 3 is 3.06 bits per heavy atom. The molecule has 2 heterocycles. The molecule has 5 heteroatoms. The average Bonchev–Trinajstić information content (AvgIpc) is 2.85. The molecule has 0 aliphatic carbocycles. The molecule has 2 aromatic rings. The van der Waals surface area contributed by atoms with Crippen molar-refractivity contribution in [2.45, 2.75) is 26.6 Å². The van der Waals surface area contributed by atoms with Gasteiger partial charge in [0.15, 0.2) is 5.82 Å². The predicted molar refractivity (Wildman–Crippen MR) is 70.1 cm³/mol. The van der Waals surface area contributed by atoms with E-state index in [-0.39, 0.29) is 0 Å². The van der Waals surface area contributed by atoms with E-state index in [0.29, 0.717) is 6.54 Å². The molecule has 0 amide bonds. The molecule has 0 radical (unpaired) electrons. The highest BCUT2D eigenvalue weighted by atomic mass is 15.3. The lowest BCUT2D eigenvalue weighted by atomic mass is 10.1. The molecular weight excluding hydrogens is 226 g/mol. The van der Waals surface area contributed by atoms with Crippen LogP contribution in [0.3, 0.4) is 0 Å². The van der Waals surface area contributed by atoms with E-state index in [1.165, 1.54) is 16.8 Å². The third-order valence-electron chi connectivity index (χ3n) is 3.43. The second kappa shape index (κ2) is 4.42. The Balaban J connectivity index is 1.93. The van der Waals surface area contributed by atoms with Crippen LogP contribution >= 0.6 is 0 Å². The highest BCUT2D eigenvalue weighted by Gasteiger charge is 2.19. The Bertz CT molecular complexity index is 560. The number of hydrogen-bond acceptors (Lipinski definition) is 4. The number of anilines is 1. The molecule has 0 saturated heterocycles. The lowest BCUT2D eigenvalue weighted by molar-refractivity contribution is 0.559. The summed E-state index contributed by atoms with van der Waals surface area (Å²) in [6.45, 7) is 5.37. The number of hydrogen-bond donors (Lipinski definition) is 1. The molecule has 5 nitrogen and oxygen atoms in total. The van der Waals surface area contributed by atoms with E-state index in [4.69, 9.17) is 5.73 Å². The van der Waals surface area contributed by atoms with Crippen molar-refractivity contribution < 1.29 is 0 Å². The molecule has 18 heavy (non-hydrogen) atoms. The Morgan fingerprint density at radius 1 is 1.33 bits per heavy atom. The van der Waals surface area contributed by atoms with E-state index < -0.39 is 0 Å². The molecule has 2 N–H and O–H groups in total. The zero-order valence-corrected chi connectivity index (χ0v) is 10.5. The van der Waals surface area contributed by atoms with Crippen molar-refractivity contribution in [1.29, 1.82) is 0 Å². The SMILES string of the molecule is Cc1ccc(N2CCn3cnnc3C2)c(CN)c1. The van der Waals surface area contributed by atoms with Gasteiger partial charge in [-0.3, -0.25) is 0 Å². The van der Waals surface area contributed by atoms with Crippen molar-refractivity contribution in [3.63, 3.8) is 0 Å². The van der Waals surface area contributed by atoms with Crippen LogP contribution in [0.4, 0.5) is 5.69 Å². The number of aromatic nitrogens is 3. The smallest absolute Gasteiger partial charge is 0.152 e. The van der Waals surface area contributed by atoms with Crippen LogP contribution in [0.5, 0.6) is 0 Å². The van der Waals surface area contributed by atoms with E-state index in [1.54, 1.807) is 6.33 Å². The second-order valence-electron chi connectivity index (χ2n) is 4.70. The quantitative estimate of drug-likeness (QED) is 0.857. The third-order valence-corrected chi connectivity index (χ3v) is 3.43. The van der Waals surface area contributed by atoms with Crippen molar-refractivity contribution >= 4 is 5.69 Å². The summed E-state index contributed by atoms with van der Waals surface area (Å²) in [4.78, 5) is 2.33. The first-order valence-corrected chi connectivity index (χ1v) is 6.19. The molecule has 3 rings (SSSR count). The summed E-state index contributed by atoms with van der Waals surface area (Å²) >= 11 is 0. The molecule has 0 atom stereocenters. The Hall–Kier alpha value is -1.88. The van der Waals surface area contributed by atoms with Crippen molar-refractivity contribution in [3.8, 4) is 0 Å². The van der Waals surface area contributed by atoms with E-state index in [1.807, 2.05) is 0 Å². The van der Waals surface area contributed by atoms with Crippen molar-refractivity contribution in [1.82, 2.24) is 14.8 Å². The first kappa shape index (κ1) is 11.2. The van der Waals surface area contributed by atoms with Crippen molar-refractivity contribution in [3.05, 3.63) is 41.5 Å². The van der Waals surface area contributed by atoms with Crippen LogP contribution in [0.15, 0.2) is 24.5 Å². The van der Waals surface area contributed by atoms with E-state index in [2.05, 4.69) is 44.8 Å². The summed E-state index contributed by atoms with van der Waals surface area (Å²) < 4.78 is 2.10. The first-order chi connectivity index (χ1) is 8.78. The monoisotopic (exact) mass is 243 g/mol. The topological polar surface area (TPSA) is 60.0 Å². The zero-order chi connectivity index (χ0) is 12.5. The largest absolute Gasteiger partial charge is 0.362 e. The maximum Gasteiger partial charge on any atom is 0.152 e. The van der Waals surface area contributed by atoms with Gasteiger partial charge in [-0.15, -0.1) is 10.2 Å². The fraction of sp³-hybridized carbons (Fsp3) is 0.385. The van der Waals surface area contributed by atoms with Gasteiger partial charge in [-0.05, 0) is 18.6 Å². The van der Waals surface area contributed by atoms with Crippen molar-refractivity contribution in [2.24, 2.45) is 5.73 Å². The number of rotatable bonds is 2. The van der Waals surface area contributed by atoms with Gasteiger partial charge in [-0.1, -0.05) is 17.7 Å². The fourth-order valence-corrected chi connectivity index (χ4v) is 2.46. The van der Waals surface area contributed by atoms with Gasteiger partial charge in [-0.2, -0.15) is 0 Å². The minimum atomic E-state index is 0.570. The third kappa shape index (κ3) is 1.86. The van der Waals surface area contributed by atoms with Crippen LogP contribution in [0.25, 0.3) is 0 Å². The Labute approximate surface area is 106 Å². The molecule has 1 aromatic heterocycles. The lowest BCUT2D eigenvalue weighted by Crippen LogP contribution is -2.34. The molecule has 1 aromatic carbocycles. The summed E-state index contributed by atoms with van der Waals surface area (Å²) in [6, 6.07) is 6.45. The molecule has 94 valence electrons. The number of aryl methyl sites for hydroxylation is 1. The summed E-state index contributed by atoms with van der Waals surface area (Å²) in [5.74, 6) is 1.02. The lowest BCUT2D eigenvalue weighted by Gasteiger charge is -2.30. The summed E-state index contributed by atoms with van der Waals surface area (Å²) in [7, 11) is 0. The number of nitrogens with zero attached hydrogens (tertiary/aromatic N) is 4. The van der Waals surface area contributed by atoms with Crippen LogP contribution < -0.4 is 10.6 Å². The summed E-state index contributed by atoms with van der Waals surface area (Å²) in [5, 5.41) is 8.10. The van der Waals surface area contributed by atoms with Crippen molar-refractivity contribution in [2.75, 3.05) is 11.4 Å². The number of benzene rings is 1. The normalized spacial score (nSPS) is 14.7. The van der Waals surface area contributed by atoms with Crippen LogP contribution in [0.1, 0.15) is 17.0 Å².